The molecule has 2 N–H and O–H groups in total. The summed E-state index contributed by atoms with van der Waals surface area (Å²) in [6.07, 6.45) is 2.15. The van der Waals surface area contributed by atoms with Gasteiger partial charge in [0.05, 0.1) is 7.11 Å². The molecule has 0 aliphatic carbocycles. The highest BCUT2D eigenvalue weighted by molar-refractivity contribution is 5.36. The first-order valence-corrected chi connectivity index (χ1v) is 5.09. The van der Waals surface area contributed by atoms with Crippen LogP contribution in [0.1, 0.15) is 36.9 Å². The molecule has 0 saturated heterocycles. The average Bonchev–Trinajstić information content (AvgIpc) is 2.17. The third-order valence-corrected chi connectivity index (χ3v) is 2.48. The summed E-state index contributed by atoms with van der Waals surface area (Å²) in [4.78, 5) is 0. The molecule has 0 unspecified atom stereocenters. The number of nitrogens with two attached hydrogens (primary N) is 1. The lowest BCUT2D eigenvalue weighted by molar-refractivity contribution is 0.414. The monoisotopic (exact) mass is 193 g/mol. The van der Waals surface area contributed by atoms with Gasteiger partial charge >= 0.3 is 0 Å². The predicted octanol–water partition coefficient (Wildman–Crippen LogP) is 2.80. The van der Waals surface area contributed by atoms with Gasteiger partial charge in [0.15, 0.2) is 0 Å². The zero-order valence-corrected chi connectivity index (χ0v) is 9.21. The van der Waals surface area contributed by atoms with Crippen LogP contribution in [0.2, 0.25) is 0 Å². The third kappa shape index (κ3) is 2.48. The molecule has 1 aromatic rings. The summed E-state index contributed by atoms with van der Waals surface area (Å²) in [6.45, 7) is 4.23. The molecule has 0 spiro atoms. The Morgan fingerprint density at radius 2 is 2.14 bits per heavy atom. The van der Waals surface area contributed by atoms with Gasteiger partial charge in [-0.3, -0.25) is 0 Å². The van der Waals surface area contributed by atoms with Crippen molar-refractivity contribution in [3.8, 4) is 5.75 Å². The number of methoxy groups -OCH3 is 1. The molecular weight excluding hydrogens is 174 g/mol. The van der Waals surface area contributed by atoms with Crippen LogP contribution in [0.25, 0.3) is 0 Å². The van der Waals surface area contributed by atoms with E-state index in [0.717, 1.165) is 18.6 Å². The smallest absolute Gasteiger partial charge is 0.119 e. The molecule has 14 heavy (non-hydrogen) atoms. The number of benzene rings is 1. The van der Waals surface area contributed by atoms with Crippen molar-refractivity contribution >= 4 is 0 Å². The fourth-order valence-corrected chi connectivity index (χ4v) is 1.66. The normalized spacial score (nSPS) is 12.6. The first-order chi connectivity index (χ1) is 6.69. The molecule has 0 bridgehead atoms. The number of rotatable bonds is 4. The Labute approximate surface area is 86.1 Å². The Bertz CT molecular complexity index is 296. The van der Waals surface area contributed by atoms with Crippen molar-refractivity contribution in [1.29, 1.82) is 0 Å². The van der Waals surface area contributed by atoms with Crippen LogP contribution in [0.15, 0.2) is 18.2 Å². The van der Waals surface area contributed by atoms with E-state index in [-0.39, 0.29) is 6.04 Å². The standard InChI is InChI=1S/C12H19NO/c1-4-5-12(13)11-7-6-10(14-3)8-9(11)2/h6-8,12H,4-5,13H2,1-3H3/t12-/m1/s1. The highest BCUT2D eigenvalue weighted by atomic mass is 16.5. The summed E-state index contributed by atoms with van der Waals surface area (Å²) in [5.41, 5.74) is 8.50. The maximum Gasteiger partial charge on any atom is 0.119 e. The van der Waals surface area contributed by atoms with E-state index in [9.17, 15) is 0 Å². The minimum absolute atomic E-state index is 0.158. The van der Waals surface area contributed by atoms with Crippen LogP contribution >= 0.6 is 0 Å². The number of aryl methyl sites for hydroxylation is 1. The van der Waals surface area contributed by atoms with E-state index < -0.39 is 0 Å². The highest BCUT2D eigenvalue weighted by Gasteiger charge is 2.08. The van der Waals surface area contributed by atoms with Gasteiger partial charge in [-0.1, -0.05) is 19.4 Å². The van der Waals surface area contributed by atoms with Crippen LogP contribution in [0.4, 0.5) is 0 Å². The van der Waals surface area contributed by atoms with Gasteiger partial charge < -0.3 is 10.5 Å². The van der Waals surface area contributed by atoms with Crippen LogP contribution in [-0.2, 0) is 0 Å². The molecule has 0 radical (unpaired) electrons. The Balaban J connectivity index is 2.88. The van der Waals surface area contributed by atoms with Gasteiger partial charge in [0, 0.05) is 6.04 Å². The SMILES string of the molecule is CCC[C@@H](N)c1ccc(OC)cc1C. The second kappa shape index (κ2) is 5.01. The minimum Gasteiger partial charge on any atom is -0.497 e. The van der Waals surface area contributed by atoms with Crippen molar-refractivity contribution in [3.05, 3.63) is 29.3 Å². The van der Waals surface area contributed by atoms with Crippen LogP contribution < -0.4 is 10.5 Å². The quantitative estimate of drug-likeness (QED) is 0.798. The molecule has 2 heteroatoms. The van der Waals surface area contributed by atoms with Gasteiger partial charge in [-0.25, -0.2) is 0 Å². The van der Waals surface area contributed by atoms with Crippen LogP contribution in [-0.4, -0.2) is 7.11 Å². The molecule has 1 atom stereocenters. The molecule has 0 aliphatic rings. The number of ether oxygens (including phenoxy) is 1. The fourth-order valence-electron chi connectivity index (χ4n) is 1.66. The lowest BCUT2D eigenvalue weighted by Crippen LogP contribution is -2.11. The Morgan fingerprint density at radius 3 is 2.64 bits per heavy atom. The van der Waals surface area contributed by atoms with Gasteiger partial charge in [-0.15, -0.1) is 0 Å². The Morgan fingerprint density at radius 1 is 1.43 bits per heavy atom. The lowest BCUT2D eigenvalue weighted by Gasteiger charge is -2.14. The molecule has 1 rings (SSSR count). The van der Waals surface area contributed by atoms with E-state index in [2.05, 4.69) is 19.9 Å². The van der Waals surface area contributed by atoms with Crippen LogP contribution in [0.3, 0.4) is 0 Å². The Kier molecular flexibility index (Phi) is 3.96. The molecule has 0 saturated carbocycles. The van der Waals surface area contributed by atoms with Crippen molar-refractivity contribution in [3.63, 3.8) is 0 Å². The molecule has 78 valence electrons. The van der Waals surface area contributed by atoms with Crippen molar-refractivity contribution in [2.24, 2.45) is 5.73 Å². The maximum atomic E-state index is 6.06. The molecule has 0 aliphatic heterocycles. The summed E-state index contributed by atoms with van der Waals surface area (Å²) in [5.74, 6) is 0.898. The Hall–Kier alpha value is -1.02. The van der Waals surface area contributed by atoms with E-state index in [1.165, 1.54) is 11.1 Å². The first-order valence-electron chi connectivity index (χ1n) is 5.09. The molecule has 2 nitrogen and oxygen atoms in total. The van der Waals surface area contributed by atoms with E-state index >= 15 is 0 Å². The van der Waals surface area contributed by atoms with Gasteiger partial charge in [0.25, 0.3) is 0 Å². The minimum atomic E-state index is 0.158. The van der Waals surface area contributed by atoms with E-state index in [0.29, 0.717) is 0 Å². The largest absolute Gasteiger partial charge is 0.497 e. The zero-order chi connectivity index (χ0) is 10.6. The van der Waals surface area contributed by atoms with Gasteiger partial charge in [-0.2, -0.15) is 0 Å². The van der Waals surface area contributed by atoms with Crippen molar-refractivity contribution in [1.82, 2.24) is 0 Å². The molecule has 0 amide bonds. The molecule has 0 fully saturated rings. The maximum absolute atomic E-state index is 6.06. The molecular formula is C12H19NO. The highest BCUT2D eigenvalue weighted by Crippen LogP contribution is 2.23. The van der Waals surface area contributed by atoms with Crippen molar-refractivity contribution in [2.75, 3.05) is 7.11 Å². The van der Waals surface area contributed by atoms with E-state index in [1.54, 1.807) is 7.11 Å². The lowest BCUT2D eigenvalue weighted by atomic mass is 9.98. The second-order valence-corrected chi connectivity index (χ2v) is 3.62. The fraction of sp³-hybridized carbons (Fsp3) is 0.500. The topological polar surface area (TPSA) is 35.2 Å². The summed E-state index contributed by atoms with van der Waals surface area (Å²) in [5, 5.41) is 0. The predicted molar refractivity (Wildman–Crippen MR) is 59.6 cm³/mol. The number of hydrogen-bond donors (Lipinski definition) is 1. The third-order valence-electron chi connectivity index (χ3n) is 2.48. The molecule has 0 aromatic heterocycles. The van der Waals surface area contributed by atoms with Gasteiger partial charge in [-0.05, 0) is 36.6 Å². The summed E-state index contributed by atoms with van der Waals surface area (Å²) in [7, 11) is 1.68. The van der Waals surface area contributed by atoms with Gasteiger partial charge in [0.2, 0.25) is 0 Å². The summed E-state index contributed by atoms with van der Waals surface area (Å²) < 4.78 is 5.15. The van der Waals surface area contributed by atoms with E-state index in [4.69, 9.17) is 10.5 Å². The van der Waals surface area contributed by atoms with Crippen LogP contribution in [0, 0.1) is 6.92 Å². The number of hydrogen-bond acceptors (Lipinski definition) is 2. The molecule has 0 heterocycles. The summed E-state index contributed by atoms with van der Waals surface area (Å²) in [6, 6.07) is 6.22. The van der Waals surface area contributed by atoms with E-state index in [1.807, 2.05) is 12.1 Å². The molecule has 1 aromatic carbocycles. The summed E-state index contributed by atoms with van der Waals surface area (Å²) >= 11 is 0. The van der Waals surface area contributed by atoms with Crippen molar-refractivity contribution < 1.29 is 4.74 Å². The van der Waals surface area contributed by atoms with Crippen molar-refractivity contribution in [2.45, 2.75) is 32.7 Å². The second-order valence-electron chi connectivity index (χ2n) is 3.62. The van der Waals surface area contributed by atoms with Gasteiger partial charge in [0.1, 0.15) is 5.75 Å². The average molecular weight is 193 g/mol. The van der Waals surface area contributed by atoms with Crippen LogP contribution in [0.5, 0.6) is 5.75 Å². The first kappa shape index (κ1) is 11.1. The zero-order valence-electron chi connectivity index (χ0n) is 9.21.